The molecule has 35 heavy (non-hydrogen) atoms. The molecule has 5 heteroatoms. The van der Waals surface area contributed by atoms with Gasteiger partial charge >= 0.3 is 0 Å². The van der Waals surface area contributed by atoms with Crippen LogP contribution in [0.2, 0.25) is 0 Å². The lowest BCUT2D eigenvalue weighted by atomic mass is 9.70. The highest BCUT2D eigenvalue weighted by atomic mass is 16.6. The summed E-state index contributed by atoms with van der Waals surface area (Å²) in [6, 6.07) is 14.4. The standard InChI is InChI=1S/C30H30N2O3/c1-29(2)15-19-13-18-14-21(27-31-24-20-8-6-5-7-17(20)9-10-22(24)34-27)28(33)35-26(18)23-25(19)32(16-29)12-11-30(23,3)4/h5-10,13-14,28,33H,11-12,15-16H2,1-4H3. The first-order valence-electron chi connectivity index (χ1n) is 12.5. The molecule has 178 valence electrons. The molecule has 3 aliphatic heterocycles. The highest BCUT2D eigenvalue weighted by Gasteiger charge is 2.43. The average molecular weight is 467 g/mol. The number of anilines is 1. The van der Waals surface area contributed by atoms with E-state index in [1.54, 1.807) is 0 Å². The minimum absolute atomic E-state index is 0.0327. The molecule has 1 unspecified atom stereocenters. The van der Waals surface area contributed by atoms with Gasteiger partial charge in [-0.3, -0.25) is 0 Å². The summed E-state index contributed by atoms with van der Waals surface area (Å²) >= 11 is 0. The van der Waals surface area contributed by atoms with E-state index < -0.39 is 6.29 Å². The normalized spacial score (nSPS) is 21.9. The van der Waals surface area contributed by atoms with Crippen molar-refractivity contribution in [3.05, 3.63) is 65.0 Å². The first-order valence-corrected chi connectivity index (χ1v) is 12.5. The number of aromatic nitrogens is 1. The predicted octanol–water partition coefficient (Wildman–Crippen LogP) is 6.30. The number of benzene rings is 3. The van der Waals surface area contributed by atoms with E-state index in [1.807, 2.05) is 36.4 Å². The van der Waals surface area contributed by atoms with E-state index in [1.165, 1.54) is 16.8 Å². The summed E-state index contributed by atoms with van der Waals surface area (Å²) in [6.45, 7) is 11.4. The largest absolute Gasteiger partial charge is 0.460 e. The number of aliphatic hydroxyl groups is 1. The van der Waals surface area contributed by atoms with Crippen LogP contribution in [0.15, 0.2) is 46.9 Å². The molecule has 0 saturated carbocycles. The van der Waals surface area contributed by atoms with Crippen LogP contribution in [-0.2, 0) is 11.8 Å². The Kier molecular flexibility index (Phi) is 4.13. The van der Waals surface area contributed by atoms with Crippen LogP contribution in [0.5, 0.6) is 5.75 Å². The molecule has 0 saturated heterocycles. The molecule has 0 radical (unpaired) electrons. The van der Waals surface area contributed by atoms with Crippen molar-refractivity contribution in [2.45, 2.75) is 52.2 Å². The van der Waals surface area contributed by atoms with E-state index in [9.17, 15) is 5.11 Å². The number of rotatable bonds is 1. The van der Waals surface area contributed by atoms with Crippen LogP contribution in [0.25, 0.3) is 33.5 Å². The number of ether oxygens (including phenoxy) is 1. The van der Waals surface area contributed by atoms with Crippen molar-refractivity contribution >= 4 is 39.2 Å². The number of hydrogen-bond acceptors (Lipinski definition) is 5. The Morgan fingerprint density at radius 3 is 2.77 bits per heavy atom. The third kappa shape index (κ3) is 3.07. The van der Waals surface area contributed by atoms with E-state index in [-0.39, 0.29) is 10.8 Å². The summed E-state index contributed by atoms with van der Waals surface area (Å²) < 4.78 is 12.4. The van der Waals surface area contributed by atoms with Gasteiger partial charge in [0, 0.05) is 35.3 Å². The van der Waals surface area contributed by atoms with Gasteiger partial charge in [0.05, 0.1) is 5.57 Å². The Bertz CT molecular complexity index is 1560. The number of fused-ring (bicyclic) bond motifs is 5. The highest BCUT2D eigenvalue weighted by Crippen LogP contribution is 2.54. The second-order valence-corrected chi connectivity index (χ2v) is 11.8. The average Bonchev–Trinajstić information content (AvgIpc) is 3.24. The van der Waals surface area contributed by atoms with Gasteiger partial charge in [-0.2, -0.15) is 0 Å². The fraction of sp³-hybridized carbons (Fsp3) is 0.367. The monoisotopic (exact) mass is 466 g/mol. The van der Waals surface area contributed by atoms with Crippen LogP contribution in [0.3, 0.4) is 0 Å². The lowest BCUT2D eigenvalue weighted by Crippen LogP contribution is -2.47. The van der Waals surface area contributed by atoms with Gasteiger partial charge in [0.25, 0.3) is 0 Å². The third-order valence-corrected chi connectivity index (χ3v) is 7.98. The Morgan fingerprint density at radius 2 is 1.91 bits per heavy atom. The van der Waals surface area contributed by atoms with Gasteiger partial charge in [-0.15, -0.1) is 0 Å². The zero-order valence-corrected chi connectivity index (χ0v) is 20.7. The minimum atomic E-state index is -1.14. The first-order chi connectivity index (χ1) is 16.7. The Balaban J connectivity index is 1.43. The van der Waals surface area contributed by atoms with Crippen LogP contribution in [-0.4, -0.2) is 29.5 Å². The van der Waals surface area contributed by atoms with Crippen molar-refractivity contribution < 1.29 is 14.3 Å². The maximum absolute atomic E-state index is 11.2. The lowest BCUT2D eigenvalue weighted by molar-refractivity contribution is 0.0287. The van der Waals surface area contributed by atoms with Crippen LogP contribution in [0.4, 0.5) is 5.69 Å². The number of aliphatic hydroxyl groups excluding tert-OH is 1. The molecule has 0 fully saturated rings. The zero-order chi connectivity index (χ0) is 24.1. The third-order valence-electron chi connectivity index (χ3n) is 7.98. The number of hydrogen-bond donors (Lipinski definition) is 1. The molecule has 1 N–H and O–H groups in total. The van der Waals surface area contributed by atoms with Gasteiger partial charge < -0.3 is 19.2 Å². The van der Waals surface area contributed by atoms with Crippen LogP contribution >= 0.6 is 0 Å². The Morgan fingerprint density at radius 1 is 1.09 bits per heavy atom. The molecular formula is C30H30N2O3. The van der Waals surface area contributed by atoms with Gasteiger partial charge in [0.15, 0.2) is 5.58 Å². The maximum Gasteiger partial charge on any atom is 0.229 e. The predicted molar refractivity (Wildman–Crippen MR) is 140 cm³/mol. The highest BCUT2D eigenvalue weighted by molar-refractivity contribution is 6.04. The van der Waals surface area contributed by atoms with Crippen molar-refractivity contribution in [3.8, 4) is 5.75 Å². The molecule has 1 atom stereocenters. The fourth-order valence-electron chi connectivity index (χ4n) is 6.36. The van der Waals surface area contributed by atoms with E-state index in [0.717, 1.165) is 53.5 Å². The maximum atomic E-state index is 11.2. The minimum Gasteiger partial charge on any atom is -0.460 e. The van der Waals surface area contributed by atoms with Gasteiger partial charge in [-0.1, -0.05) is 58.0 Å². The van der Waals surface area contributed by atoms with Crippen LogP contribution in [0.1, 0.15) is 56.7 Å². The second kappa shape index (κ2) is 6.88. The summed E-state index contributed by atoms with van der Waals surface area (Å²) in [4.78, 5) is 7.34. The second-order valence-electron chi connectivity index (χ2n) is 11.8. The molecule has 0 spiro atoms. The van der Waals surface area contributed by atoms with Crippen molar-refractivity contribution in [2.24, 2.45) is 5.41 Å². The zero-order valence-electron chi connectivity index (χ0n) is 20.7. The van der Waals surface area contributed by atoms with Gasteiger partial charge in [-0.05, 0) is 52.8 Å². The summed E-state index contributed by atoms with van der Waals surface area (Å²) in [5, 5.41) is 13.3. The smallest absolute Gasteiger partial charge is 0.229 e. The molecule has 1 aromatic heterocycles. The molecule has 4 aromatic rings. The van der Waals surface area contributed by atoms with Crippen LogP contribution in [0, 0.1) is 5.41 Å². The summed E-state index contributed by atoms with van der Waals surface area (Å²) in [5.41, 5.74) is 7.15. The SMILES string of the molecule is CC1(C)Cc2cc3c(c4c2N(CCC4(C)C)C1)OC(O)C(c1nc2c(ccc4ccccc42)o1)=C3. The Hall–Kier alpha value is -3.31. The molecule has 0 bridgehead atoms. The van der Waals surface area contributed by atoms with Crippen molar-refractivity contribution in [1.82, 2.24) is 4.98 Å². The summed E-state index contributed by atoms with van der Waals surface area (Å²) in [5.74, 6) is 1.21. The summed E-state index contributed by atoms with van der Waals surface area (Å²) in [6.07, 6.45) is 2.96. The topological polar surface area (TPSA) is 58.7 Å². The molecule has 5 nitrogen and oxygen atoms in total. The quantitative estimate of drug-likeness (QED) is 0.357. The molecule has 3 aliphatic rings. The van der Waals surface area contributed by atoms with Gasteiger partial charge in [-0.25, -0.2) is 4.98 Å². The molecule has 3 aromatic carbocycles. The van der Waals surface area contributed by atoms with E-state index in [0.29, 0.717) is 17.0 Å². The van der Waals surface area contributed by atoms with Crippen molar-refractivity contribution in [2.75, 3.05) is 18.0 Å². The number of oxazole rings is 1. The molecular weight excluding hydrogens is 436 g/mol. The van der Waals surface area contributed by atoms with E-state index in [2.05, 4.69) is 44.7 Å². The van der Waals surface area contributed by atoms with Gasteiger partial charge in [0.1, 0.15) is 11.3 Å². The van der Waals surface area contributed by atoms with Gasteiger partial charge in [0.2, 0.25) is 12.2 Å². The molecule has 4 heterocycles. The fourth-order valence-corrected chi connectivity index (χ4v) is 6.36. The van der Waals surface area contributed by atoms with Crippen molar-refractivity contribution in [1.29, 1.82) is 0 Å². The molecule has 0 aliphatic carbocycles. The van der Waals surface area contributed by atoms with Crippen molar-refractivity contribution in [3.63, 3.8) is 0 Å². The summed E-state index contributed by atoms with van der Waals surface area (Å²) in [7, 11) is 0. The molecule has 7 rings (SSSR count). The van der Waals surface area contributed by atoms with E-state index in [4.69, 9.17) is 14.1 Å². The lowest BCUT2D eigenvalue weighted by Gasteiger charge is -2.49. The number of nitrogens with zero attached hydrogens (tertiary/aromatic N) is 2. The van der Waals surface area contributed by atoms with E-state index >= 15 is 0 Å². The van der Waals surface area contributed by atoms with Crippen LogP contribution < -0.4 is 9.64 Å². The first kappa shape index (κ1) is 21.0. The molecule has 0 amide bonds. The Labute approximate surface area is 205 Å².